The van der Waals surface area contributed by atoms with E-state index in [1.807, 2.05) is 24.3 Å². The lowest BCUT2D eigenvalue weighted by Gasteiger charge is -2.32. The average Bonchev–Trinajstić information content (AvgIpc) is 2.68. The van der Waals surface area contributed by atoms with Crippen LogP contribution in [0.2, 0.25) is 5.02 Å². The maximum atomic E-state index is 13.2. The van der Waals surface area contributed by atoms with Gasteiger partial charge >= 0.3 is 0 Å². The van der Waals surface area contributed by atoms with Gasteiger partial charge in [0.05, 0.1) is 17.2 Å². The molecule has 4 nitrogen and oxygen atoms in total. The number of fused-ring (bicyclic) bond motifs is 1. The molecule has 0 radical (unpaired) electrons. The fourth-order valence-electron chi connectivity index (χ4n) is 3.73. The van der Waals surface area contributed by atoms with E-state index in [0.717, 1.165) is 43.6 Å². The second kappa shape index (κ2) is 7.79. The van der Waals surface area contributed by atoms with Crippen molar-refractivity contribution in [3.8, 4) is 0 Å². The Labute approximate surface area is 162 Å². The first-order valence-corrected chi connectivity index (χ1v) is 9.58. The van der Waals surface area contributed by atoms with Gasteiger partial charge in [-0.25, -0.2) is 9.37 Å². The maximum Gasteiger partial charge on any atom is 0.261 e. The number of benzene rings is 2. The average molecular weight is 386 g/mol. The van der Waals surface area contributed by atoms with Crippen molar-refractivity contribution >= 4 is 22.5 Å². The summed E-state index contributed by atoms with van der Waals surface area (Å²) in [5.74, 6) is 0.141. The number of hydrogen-bond acceptors (Lipinski definition) is 3. The Morgan fingerprint density at radius 1 is 1.15 bits per heavy atom. The maximum absolute atomic E-state index is 13.2. The molecule has 27 heavy (non-hydrogen) atoms. The lowest BCUT2D eigenvalue weighted by molar-refractivity contribution is 0.166. The molecule has 1 saturated heterocycles. The van der Waals surface area contributed by atoms with Crippen molar-refractivity contribution in [2.24, 2.45) is 5.92 Å². The molecule has 0 amide bonds. The van der Waals surface area contributed by atoms with Crippen LogP contribution in [0.5, 0.6) is 0 Å². The minimum Gasteiger partial charge on any atom is -0.299 e. The molecule has 0 bridgehead atoms. The van der Waals surface area contributed by atoms with Gasteiger partial charge in [0, 0.05) is 18.1 Å². The number of piperidine rings is 1. The van der Waals surface area contributed by atoms with E-state index in [1.165, 1.54) is 12.1 Å². The summed E-state index contributed by atoms with van der Waals surface area (Å²) in [6.07, 6.45) is 3.69. The van der Waals surface area contributed by atoms with Crippen LogP contribution in [-0.4, -0.2) is 27.5 Å². The second-order valence-corrected chi connectivity index (χ2v) is 7.58. The molecule has 0 atom stereocenters. The molecule has 2 aromatic carbocycles. The molecule has 0 saturated carbocycles. The molecule has 140 valence electrons. The number of likely N-dealkylation sites (tertiary alicyclic amines) is 1. The monoisotopic (exact) mass is 385 g/mol. The highest BCUT2D eigenvalue weighted by atomic mass is 35.5. The lowest BCUT2D eigenvalue weighted by atomic mass is 9.96. The molecule has 6 heteroatoms. The summed E-state index contributed by atoms with van der Waals surface area (Å²) in [5, 5.41) is 1.15. The summed E-state index contributed by atoms with van der Waals surface area (Å²) in [6.45, 7) is 3.30. The van der Waals surface area contributed by atoms with Crippen molar-refractivity contribution < 1.29 is 4.39 Å². The molecule has 2 heterocycles. The molecule has 1 fully saturated rings. The van der Waals surface area contributed by atoms with Gasteiger partial charge in [0.1, 0.15) is 5.82 Å². The molecular formula is C21H21ClFN3O. The van der Waals surface area contributed by atoms with E-state index in [-0.39, 0.29) is 11.4 Å². The molecule has 3 aromatic rings. The molecule has 1 aliphatic heterocycles. The third-order valence-electron chi connectivity index (χ3n) is 5.30. The molecule has 0 N–H and O–H groups in total. The summed E-state index contributed by atoms with van der Waals surface area (Å²) < 4.78 is 14.9. The normalized spacial score (nSPS) is 16.1. The SMILES string of the molecule is O=c1c2ccccc2ncn1CC1CCN(Cc2ccc(F)cc2Cl)CC1. The number of nitrogens with zero attached hydrogens (tertiary/aromatic N) is 3. The highest BCUT2D eigenvalue weighted by Gasteiger charge is 2.21. The Hall–Kier alpha value is -2.24. The van der Waals surface area contributed by atoms with Crippen molar-refractivity contribution in [3.05, 3.63) is 75.5 Å². The van der Waals surface area contributed by atoms with E-state index in [9.17, 15) is 9.18 Å². The van der Waals surface area contributed by atoms with Crippen molar-refractivity contribution in [1.29, 1.82) is 0 Å². The highest BCUT2D eigenvalue weighted by molar-refractivity contribution is 6.31. The minimum absolute atomic E-state index is 0.0288. The number of rotatable bonds is 4. The van der Waals surface area contributed by atoms with E-state index in [0.29, 0.717) is 22.9 Å². The van der Waals surface area contributed by atoms with Crippen LogP contribution in [-0.2, 0) is 13.1 Å². The Balaban J connectivity index is 1.38. The van der Waals surface area contributed by atoms with E-state index in [2.05, 4.69) is 9.88 Å². The Bertz CT molecular complexity index is 1010. The molecule has 4 rings (SSSR count). The van der Waals surface area contributed by atoms with Gasteiger partial charge in [-0.3, -0.25) is 14.3 Å². The zero-order chi connectivity index (χ0) is 18.8. The van der Waals surface area contributed by atoms with Gasteiger partial charge in [-0.15, -0.1) is 0 Å². The van der Waals surface area contributed by atoms with Crippen LogP contribution < -0.4 is 5.56 Å². The first-order valence-electron chi connectivity index (χ1n) is 9.20. The van der Waals surface area contributed by atoms with Crippen molar-refractivity contribution in [2.75, 3.05) is 13.1 Å². The lowest BCUT2D eigenvalue weighted by Crippen LogP contribution is -2.36. The van der Waals surface area contributed by atoms with Crippen molar-refractivity contribution in [3.63, 3.8) is 0 Å². The van der Waals surface area contributed by atoms with Gasteiger partial charge in [-0.1, -0.05) is 29.8 Å². The van der Waals surface area contributed by atoms with Crippen LogP contribution in [0.15, 0.2) is 53.6 Å². The predicted molar refractivity (Wildman–Crippen MR) is 105 cm³/mol. The number of hydrogen-bond donors (Lipinski definition) is 0. The predicted octanol–water partition coefficient (Wildman–Crippen LogP) is 4.10. The largest absolute Gasteiger partial charge is 0.299 e. The summed E-state index contributed by atoms with van der Waals surface area (Å²) in [7, 11) is 0. The summed E-state index contributed by atoms with van der Waals surface area (Å²) in [5.41, 5.74) is 1.72. The first kappa shape index (κ1) is 18.1. The third kappa shape index (κ3) is 4.04. The van der Waals surface area contributed by atoms with Crippen LogP contribution in [0.4, 0.5) is 4.39 Å². The van der Waals surface area contributed by atoms with Gasteiger partial charge in [0.2, 0.25) is 0 Å². The van der Waals surface area contributed by atoms with Gasteiger partial charge in [-0.05, 0) is 61.7 Å². The van der Waals surface area contributed by atoms with Gasteiger partial charge < -0.3 is 0 Å². The molecule has 0 unspecified atom stereocenters. The fraction of sp³-hybridized carbons (Fsp3) is 0.333. The summed E-state index contributed by atoms with van der Waals surface area (Å²) in [4.78, 5) is 19.4. The zero-order valence-corrected chi connectivity index (χ0v) is 15.7. The van der Waals surface area contributed by atoms with Crippen LogP contribution >= 0.6 is 11.6 Å². The number of halogens is 2. The molecule has 1 aromatic heterocycles. The van der Waals surface area contributed by atoms with Gasteiger partial charge in [0.15, 0.2) is 0 Å². The van der Waals surface area contributed by atoms with Gasteiger partial charge in [-0.2, -0.15) is 0 Å². The van der Waals surface area contributed by atoms with E-state index >= 15 is 0 Å². The minimum atomic E-state index is -0.308. The van der Waals surface area contributed by atoms with Crippen LogP contribution in [0.3, 0.4) is 0 Å². The smallest absolute Gasteiger partial charge is 0.261 e. The Kier molecular flexibility index (Phi) is 5.23. The highest BCUT2D eigenvalue weighted by Crippen LogP contribution is 2.24. The van der Waals surface area contributed by atoms with Crippen LogP contribution in [0.1, 0.15) is 18.4 Å². The first-order chi connectivity index (χ1) is 13.1. The van der Waals surface area contributed by atoms with E-state index < -0.39 is 0 Å². The van der Waals surface area contributed by atoms with Crippen LogP contribution in [0.25, 0.3) is 10.9 Å². The molecule has 0 spiro atoms. The fourth-order valence-corrected chi connectivity index (χ4v) is 3.96. The summed E-state index contributed by atoms with van der Waals surface area (Å²) in [6, 6.07) is 12.0. The van der Waals surface area contributed by atoms with Crippen molar-refractivity contribution in [2.45, 2.75) is 25.9 Å². The topological polar surface area (TPSA) is 38.1 Å². The number of para-hydroxylation sites is 1. The molecule has 1 aliphatic rings. The quantitative estimate of drug-likeness (QED) is 0.678. The third-order valence-corrected chi connectivity index (χ3v) is 5.65. The van der Waals surface area contributed by atoms with E-state index in [1.54, 1.807) is 17.0 Å². The second-order valence-electron chi connectivity index (χ2n) is 7.17. The van der Waals surface area contributed by atoms with Crippen LogP contribution in [0, 0.1) is 11.7 Å². The van der Waals surface area contributed by atoms with Crippen molar-refractivity contribution in [1.82, 2.24) is 14.5 Å². The molecule has 0 aliphatic carbocycles. The zero-order valence-electron chi connectivity index (χ0n) is 14.9. The standard InChI is InChI=1S/C21H21ClFN3O/c22-19-11-17(23)6-5-16(19)13-25-9-7-15(8-10-25)12-26-14-24-20-4-2-1-3-18(20)21(26)27/h1-6,11,14-15H,7-10,12-13H2. The Morgan fingerprint density at radius 3 is 2.70 bits per heavy atom. The van der Waals surface area contributed by atoms with Gasteiger partial charge in [0.25, 0.3) is 5.56 Å². The number of aromatic nitrogens is 2. The summed E-state index contributed by atoms with van der Waals surface area (Å²) >= 11 is 6.14. The Morgan fingerprint density at radius 2 is 1.93 bits per heavy atom. The molecular weight excluding hydrogens is 365 g/mol. The van der Waals surface area contributed by atoms with E-state index in [4.69, 9.17) is 11.6 Å².